The second-order valence-electron chi connectivity index (χ2n) is 4.08. The third-order valence-electron chi connectivity index (χ3n) is 2.51. The first-order valence-electron chi connectivity index (χ1n) is 5.41. The number of hydrogen-bond donors (Lipinski definition) is 1. The van der Waals surface area contributed by atoms with Gasteiger partial charge in [0.05, 0.1) is 10.6 Å². The van der Waals surface area contributed by atoms with Crippen molar-refractivity contribution in [3.63, 3.8) is 0 Å². The van der Waals surface area contributed by atoms with Crippen molar-refractivity contribution in [1.29, 1.82) is 0 Å². The zero-order valence-electron chi connectivity index (χ0n) is 9.81. The molecule has 0 bridgehead atoms. The Hall–Kier alpha value is -0.850. The van der Waals surface area contributed by atoms with Gasteiger partial charge >= 0.3 is 0 Å². The zero-order chi connectivity index (χ0) is 14.0. The summed E-state index contributed by atoms with van der Waals surface area (Å²) in [4.78, 5) is 0.286. The molecule has 0 aliphatic carbocycles. The Labute approximate surface area is 129 Å². The summed E-state index contributed by atoms with van der Waals surface area (Å²) in [5.74, 6) is -0.0841. The van der Waals surface area contributed by atoms with Gasteiger partial charge in [-0.15, -0.1) is 0 Å². The Kier molecular flexibility index (Phi) is 4.32. The average molecular weight is 405 g/mol. The van der Waals surface area contributed by atoms with E-state index in [1.165, 1.54) is 0 Å². The lowest BCUT2D eigenvalue weighted by molar-refractivity contribution is 0.595. The van der Waals surface area contributed by atoms with Crippen molar-refractivity contribution < 1.29 is 8.42 Å². The average Bonchev–Trinajstić information content (AvgIpc) is 2.26. The Morgan fingerprint density at radius 2 is 1.74 bits per heavy atom. The molecule has 0 fully saturated rings. The van der Waals surface area contributed by atoms with Crippen LogP contribution in [0.15, 0.2) is 56.3 Å². The molecule has 2 aromatic carbocycles. The standard InChI is InChI=1S/C13H11Br2NO2S/c14-10-5-9(6-11(16)7-10)8-19(17,18)13-4-2-1-3-12(13)15/h1-7H,8,16H2. The number of nitrogen functional groups attached to an aromatic ring is 1. The van der Waals surface area contributed by atoms with Crippen LogP contribution >= 0.6 is 31.9 Å². The van der Waals surface area contributed by atoms with Gasteiger partial charge in [0.1, 0.15) is 0 Å². The van der Waals surface area contributed by atoms with Gasteiger partial charge in [-0.3, -0.25) is 0 Å². The number of benzene rings is 2. The van der Waals surface area contributed by atoms with Gasteiger partial charge in [-0.2, -0.15) is 0 Å². The summed E-state index contributed by atoms with van der Waals surface area (Å²) in [7, 11) is -3.40. The first-order valence-corrected chi connectivity index (χ1v) is 8.64. The quantitative estimate of drug-likeness (QED) is 0.792. The smallest absolute Gasteiger partial charge is 0.183 e. The van der Waals surface area contributed by atoms with Crippen LogP contribution in [0.1, 0.15) is 5.56 Å². The summed E-state index contributed by atoms with van der Waals surface area (Å²) in [6.45, 7) is 0. The summed E-state index contributed by atoms with van der Waals surface area (Å²) in [5, 5.41) is 0. The highest BCUT2D eigenvalue weighted by atomic mass is 79.9. The van der Waals surface area contributed by atoms with E-state index in [0.717, 1.165) is 4.47 Å². The molecular weight excluding hydrogens is 394 g/mol. The molecule has 0 spiro atoms. The third-order valence-corrected chi connectivity index (χ3v) is 5.66. The van der Waals surface area contributed by atoms with E-state index in [2.05, 4.69) is 31.9 Å². The second kappa shape index (κ2) is 5.64. The molecule has 19 heavy (non-hydrogen) atoms. The fourth-order valence-corrected chi connectivity index (χ4v) is 4.75. The zero-order valence-corrected chi connectivity index (χ0v) is 13.8. The van der Waals surface area contributed by atoms with Gasteiger partial charge in [-0.05, 0) is 51.8 Å². The Morgan fingerprint density at radius 3 is 2.37 bits per heavy atom. The molecular formula is C13H11Br2NO2S. The van der Waals surface area contributed by atoms with Gasteiger partial charge in [0.15, 0.2) is 9.84 Å². The van der Waals surface area contributed by atoms with E-state index in [1.807, 2.05) is 0 Å². The summed E-state index contributed by atoms with van der Waals surface area (Å²) >= 11 is 6.57. The normalized spacial score (nSPS) is 11.5. The molecule has 0 amide bonds. The SMILES string of the molecule is Nc1cc(Br)cc(CS(=O)(=O)c2ccccc2Br)c1. The number of sulfone groups is 1. The molecule has 0 aliphatic heterocycles. The van der Waals surface area contributed by atoms with E-state index in [-0.39, 0.29) is 10.6 Å². The first kappa shape index (κ1) is 14.6. The summed E-state index contributed by atoms with van der Waals surface area (Å²) < 4.78 is 26.1. The van der Waals surface area contributed by atoms with E-state index in [1.54, 1.807) is 42.5 Å². The summed E-state index contributed by atoms with van der Waals surface area (Å²) in [6, 6.07) is 11.9. The van der Waals surface area contributed by atoms with Crippen LogP contribution in [0.5, 0.6) is 0 Å². The minimum absolute atomic E-state index is 0.0841. The Balaban J connectivity index is 2.39. The van der Waals surface area contributed by atoms with Gasteiger partial charge in [0, 0.05) is 14.6 Å². The van der Waals surface area contributed by atoms with Crippen molar-refractivity contribution in [1.82, 2.24) is 0 Å². The molecule has 0 aliphatic rings. The molecule has 0 saturated carbocycles. The van der Waals surface area contributed by atoms with Gasteiger partial charge < -0.3 is 5.73 Å². The van der Waals surface area contributed by atoms with Crippen LogP contribution in [0, 0.1) is 0 Å². The summed E-state index contributed by atoms with van der Waals surface area (Å²) in [5.41, 5.74) is 6.90. The highest BCUT2D eigenvalue weighted by Gasteiger charge is 2.18. The van der Waals surface area contributed by atoms with Crippen molar-refractivity contribution in [3.05, 3.63) is 57.0 Å². The Bertz CT molecular complexity index is 694. The molecule has 0 heterocycles. The molecule has 100 valence electrons. The molecule has 0 unspecified atom stereocenters. The van der Waals surface area contributed by atoms with E-state index in [9.17, 15) is 8.42 Å². The molecule has 0 saturated heterocycles. The van der Waals surface area contributed by atoms with Gasteiger partial charge in [0.2, 0.25) is 0 Å². The van der Waals surface area contributed by atoms with Crippen molar-refractivity contribution in [2.75, 3.05) is 5.73 Å². The van der Waals surface area contributed by atoms with Crippen LogP contribution in [-0.2, 0) is 15.6 Å². The monoisotopic (exact) mass is 403 g/mol. The maximum Gasteiger partial charge on any atom is 0.183 e. The van der Waals surface area contributed by atoms with Crippen molar-refractivity contribution >= 4 is 47.4 Å². The summed E-state index contributed by atoms with van der Waals surface area (Å²) in [6.07, 6.45) is 0. The van der Waals surface area contributed by atoms with E-state index < -0.39 is 9.84 Å². The van der Waals surface area contributed by atoms with Crippen LogP contribution in [0.4, 0.5) is 5.69 Å². The number of rotatable bonds is 3. The predicted molar refractivity (Wildman–Crippen MR) is 83.6 cm³/mol. The fourth-order valence-electron chi connectivity index (χ4n) is 1.75. The predicted octanol–water partition coefficient (Wildman–Crippen LogP) is 3.77. The van der Waals surface area contributed by atoms with Gasteiger partial charge in [0.25, 0.3) is 0 Å². The van der Waals surface area contributed by atoms with Crippen LogP contribution in [-0.4, -0.2) is 8.42 Å². The first-order chi connectivity index (χ1) is 8.88. The number of halogens is 2. The Morgan fingerprint density at radius 1 is 1.05 bits per heavy atom. The van der Waals surface area contributed by atoms with E-state index in [0.29, 0.717) is 15.7 Å². The fraction of sp³-hybridized carbons (Fsp3) is 0.0769. The molecule has 3 nitrogen and oxygen atoms in total. The topological polar surface area (TPSA) is 60.2 Å². The van der Waals surface area contributed by atoms with Crippen LogP contribution in [0.25, 0.3) is 0 Å². The lowest BCUT2D eigenvalue weighted by Gasteiger charge is -2.08. The van der Waals surface area contributed by atoms with Crippen molar-refractivity contribution in [2.24, 2.45) is 0 Å². The number of anilines is 1. The minimum atomic E-state index is -3.40. The number of hydrogen-bond acceptors (Lipinski definition) is 3. The third kappa shape index (κ3) is 3.58. The number of nitrogens with two attached hydrogens (primary N) is 1. The second-order valence-corrected chi connectivity index (χ2v) is 7.81. The maximum atomic E-state index is 12.4. The lowest BCUT2D eigenvalue weighted by Crippen LogP contribution is -2.06. The molecule has 0 aromatic heterocycles. The largest absolute Gasteiger partial charge is 0.399 e. The van der Waals surface area contributed by atoms with Crippen LogP contribution < -0.4 is 5.73 Å². The van der Waals surface area contributed by atoms with Crippen molar-refractivity contribution in [2.45, 2.75) is 10.6 Å². The lowest BCUT2D eigenvalue weighted by atomic mass is 10.2. The molecule has 2 aromatic rings. The van der Waals surface area contributed by atoms with Gasteiger partial charge in [-0.25, -0.2) is 8.42 Å². The van der Waals surface area contributed by atoms with Crippen LogP contribution in [0.2, 0.25) is 0 Å². The maximum absolute atomic E-state index is 12.4. The molecule has 2 rings (SSSR count). The van der Waals surface area contributed by atoms with E-state index in [4.69, 9.17) is 5.73 Å². The minimum Gasteiger partial charge on any atom is -0.399 e. The molecule has 0 atom stereocenters. The van der Waals surface area contributed by atoms with Gasteiger partial charge in [-0.1, -0.05) is 28.1 Å². The highest BCUT2D eigenvalue weighted by molar-refractivity contribution is 9.10. The molecule has 0 radical (unpaired) electrons. The van der Waals surface area contributed by atoms with Crippen molar-refractivity contribution in [3.8, 4) is 0 Å². The van der Waals surface area contributed by atoms with Crippen LogP contribution in [0.3, 0.4) is 0 Å². The molecule has 6 heteroatoms. The highest BCUT2D eigenvalue weighted by Crippen LogP contribution is 2.26. The van der Waals surface area contributed by atoms with E-state index >= 15 is 0 Å². The molecule has 2 N–H and O–H groups in total.